The van der Waals surface area contributed by atoms with Crippen LogP contribution in [0.1, 0.15) is 23.0 Å². The van der Waals surface area contributed by atoms with Gasteiger partial charge in [0.1, 0.15) is 11.3 Å². The molecule has 1 aliphatic heterocycles. The number of pyridine rings is 1. The van der Waals surface area contributed by atoms with E-state index in [1.165, 1.54) is 0 Å². The summed E-state index contributed by atoms with van der Waals surface area (Å²) < 4.78 is 42.1. The molecule has 0 radical (unpaired) electrons. The maximum Gasteiger partial charge on any atom is 0.431 e. The summed E-state index contributed by atoms with van der Waals surface area (Å²) in [6, 6.07) is 1.54. The standard InChI is InChI=1S/C12H13F3N2O3/c1-11(5-20-6-11)4-16-9(18)7-2-3-8(12(13,14)15)17-10(7)19/h2-3H,4-6H2,1H3,(H,16,18)(H,17,19). The number of aromatic nitrogens is 1. The van der Waals surface area contributed by atoms with Gasteiger partial charge in [-0.1, -0.05) is 6.92 Å². The summed E-state index contributed by atoms with van der Waals surface area (Å²) in [5, 5.41) is 2.52. The van der Waals surface area contributed by atoms with Crippen molar-refractivity contribution in [1.82, 2.24) is 10.3 Å². The molecule has 0 bridgehead atoms. The Labute approximate surface area is 112 Å². The molecule has 0 spiro atoms. The molecule has 1 aromatic heterocycles. The minimum atomic E-state index is -4.65. The van der Waals surface area contributed by atoms with Gasteiger partial charge in [-0.05, 0) is 12.1 Å². The monoisotopic (exact) mass is 290 g/mol. The minimum absolute atomic E-state index is 0.186. The Hall–Kier alpha value is -1.83. The Bertz CT molecular complexity index is 576. The van der Waals surface area contributed by atoms with Gasteiger partial charge in [0.25, 0.3) is 11.5 Å². The van der Waals surface area contributed by atoms with Gasteiger partial charge in [-0.2, -0.15) is 13.2 Å². The first-order valence-electron chi connectivity index (χ1n) is 5.88. The topological polar surface area (TPSA) is 71.2 Å². The van der Waals surface area contributed by atoms with Crippen LogP contribution in [0.15, 0.2) is 16.9 Å². The van der Waals surface area contributed by atoms with Crippen LogP contribution in [0.4, 0.5) is 13.2 Å². The average molecular weight is 290 g/mol. The summed E-state index contributed by atoms with van der Waals surface area (Å²) in [4.78, 5) is 24.9. The molecule has 2 N–H and O–H groups in total. The van der Waals surface area contributed by atoms with Crippen LogP contribution in [0, 0.1) is 5.41 Å². The lowest BCUT2D eigenvalue weighted by molar-refractivity contribution is -0.141. The van der Waals surface area contributed by atoms with Gasteiger partial charge in [-0.3, -0.25) is 9.59 Å². The van der Waals surface area contributed by atoms with E-state index in [1.807, 2.05) is 6.92 Å². The van der Waals surface area contributed by atoms with Crippen molar-refractivity contribution in [3.63, 3.8) is 0 Å². The molecule has 5 nitrogen and oxygen atoms in total. The van der Waals surface area contributed by atoms with Gasteiger partial charge in [0, 0.05) is 12.0 Å². The zero-order valence-corrected chi connectivity index (χ0v) is 10.6. The number of alkyl halides is 3. The van der Waals surface area contributed by atoms with E-state index < -0.39 is 23.3 Å². The van der Waals surface area contributed by atoms with Gasteiger partial charge < -0.3 is 15.0 Å². The molecule has 1 aliphatic rings. The number of nitrogens with one attached hydrogen (secondary N) is 2. The molecule has 1 saturated heterocycles. The number of ether oxygens (including phenoxy) is 1. The third-order valence-electron chi connectivity index (χ3n) is 3.04. The van der Waals surface area contributed by atoms with Crippen molar-refractivity contribution in [2.75, 3.05) is 19.8 Å². The largest absolute Gasteiger partial charge is 0.431 e. The second kappa shape index (κ2) is 4.93. The van der Waals surface area contributed by atoms with Crippen LogP contribution in [-0.4, -0.2) is 30.6 Å². The second-order valence-corrected chi connectivity index (χ2v) is 5.10. The third kappa shape index (κ3) is 3.01. The van der Waals surface area contributed by atoms with Crippen molar-refractivity contribution in [3.05, 3.63) is 33.7 Å². The maximum atomic E-state index is 12.4. The van der Waals surface area contributed by atoms with Gasteiger partial charge >= 0.3 is 6.18 Å². The van der Waals surface area contributed by atoms with Crippen LogP contribution >= 0.6 is 0 Å². The molecule has 2 heterocycles. The van der Waals surface area contributed by atoms with Crippen molar-refractivity contribution in [1.29, 1.82) is 0 Å². The number of halogens is 3. The fraction of sp³-hybridized carbons (Fsp3) is 0.500. The van der Waals surface area contributed by atoms with Gasteiger partial charge in [0.05, 0.1) is 13.2 Å². The highest BCUT2D eigenvalue weighted by molar-refractivity contribution is 5.93. The molecule has 1 aromatic rings. The first kappa shape index (κ1) is 14.6. The van der Waals surface area contributed by atoms with E-state index in [-0.39, 0.29) is 11.0 Å². The molecular formula is C12H13F3N2O3. The van der Waals surface area contributed by atoms with Gasteiger partial charge in [0.2, 0.25) is 0 Å². The number of rotatable bonds is 3. The number of hydrogen-bond donors (Lipinski definition) is 2. The van der Waals surface area contributed by atoms with Crippen molar-refractivity contribution < 1.29 is 22.7 Å². The lowest BCUT2D eigenvalue weighted by atomic mass is 9.89. The van der Waals surface area contributed by atoms with E-state index in [1.54, 1.807) is 4.98 Å². The predicted molar refractivity (Wildman–Crippen MR) is 63.3 cm³/mol. The fourth-order valence-electron chi connectivity index (χ4n) is 1.76. The molecule has 0 aliphatic carbocycles. The van der Waals surface area contributed by atoms with Gasteiger partial charge in [0.15, 0.2) is 0 Å². The van der Waals surface area contributed by atoms with Gasteiger partial charge in [-0.15, -0.1) is 0 Å². The fourth-order valence-corrected chi connectivity index (χ4v) is 1.76. The zero-order chi connectivity index (χ0) is 15.0. The Balaban J connectivity index is 2.09. The highest BCUT2D eigenvalue weighted by Gasteiger charge is 2.34. The van der Waals surface area contributed by atoms with Crippen molar-refractivity contribution in [2.45, 2.75) is 13.1 Å². The van der Waals surface area contributed by atoms with E-state index in [4.69, 9.17) is 4.74 Å². The van der Waals surface area contributed by atoms with E-state index >= 15 is 0 Å². The van der Waals surface area contributed by atoms with Crippen LogP contribution in [0.3, 0.4) is 0 Å². The first-order chi connectivity index (χ1) is 9.21. The molecule has 0 aromatic carbocycles. The summed E-state index contributed by atoms with van der Waals surface area (Å²) in [5.41, 5.74) is -2.78. The molecule has 1 fully saturated rings. The highest BCUT2D eigenvalue weighted by Crippen LogP contribution is 2.27. The van der Waals surface area contributed by atoms with Crippen LogP contribution in [0.5, 0.6) is 0 Å². The van der Waals surface area contributed by atoms with E-state index in [0.29, 0.717) is 25.8 Å². The maximum absolute atomic E-state index is 12.4. The summed E-state index contributed by atoms with van der Waals surface area (Å²) in [6.07, 6.45) is -4.65. The normalized spacial score (nSPS) is 17.4. The van der Waals surface area contributed by atoms with Crippen LogP contribution < -0.4 is 10.9 Å². The smallest absolute Gasteiger partial charge is 0.380 e. The second-order valence-electron chi connectivity index (χ2n) is 5.10. The lowest BCUT2D eigenvalue weighted by Crippen LogP contribution is -2.49. The number of aromatic amines is 1. The summed E-state index contributed by atoms with van der Waals surface area (Å²) in [5.74, 6) is -0.701. The molecule has 110 valence electrons. The van der Waals surface area contributed by atoms with Crippen LogP contribution in [0.25, 0.3) is 0 Å². The third-order valence-corrected chi connectivity index (χ3v) is 3.04. The lowest BCUT2D eigenvalue weighted by Gasteiger charge is -2.37. The number of hydrogen-bond acceptors (Lipinski definition) is 3. The molecule has 0 saturated carbocycles. The van der Waals surface area contributed by atoms with Crippen molar-refractivity contribution in [3.8, 4) is 0 Å². The molecule has 8 heteroatoms. The Morgan fingerprint density at radius 3 is 2.55 bits per heavy atom. The molecule has 20 heavy (non-hydrogen) atoms. The number of carbonyl (C=O) groups excluding carboxylic acids is 1. The van der Waals surface area contributed by atoms with Crippen LogP contribution in [-0.2, 0) is 10.9 Å². The van der Waals surface area contributed by atoms with Gasteiger partial charge in [-0.25, -0.2) is 0 Å². The quantitative estimate of drug-likeness (QED) is 0.877. The van der Waals surface area contributed by atoms with Crippen molar-refractivity contribution in [2.24, 2.45) is 5.41 Å². The van der Waals surface area contributed by atoms with Crippen LogP contribution in [0.2, 0.25) is 0 Å². The van der Waals surface area contributed by atoms with E-state index in [0.717, 1.165) is 6.07 Å². The zero-order valence-electron chi connectivity index (χ0n) is 10.6. The first-order valence-corrected chi connectivity index (χ1v) is 5.88. The average Bonchev–Trinajstić information content (AvgIpc) is 2.32. The molecular weight excluding hydrogens is 277 g/mol. The predicted octanol–water partition coefficient (Wildman–Crippen LogP) is 1.16. The number of H-pyrrole nitrogens is 1. The summed E-state index contributed by atoms with van der Waals surface area (Å²) in [6.45, 7) is 3.19. The van der Waals surface area contributed by atoms with E-state index in [9.17, 15) is 22.8 Å². The molecule has 0 unspecified atom stereocenters. The minimum Gasteiger partial charge on any atom is -0.380 e. The van der Waals surface area contributed by atoms with Crippen molar-refractivity contribution >= 4 is 5.91 Å². The number of amides is 1. The summed E-state index contributed by atoms with van der Waals surface area (Å²) >= 11 is 0. The Morgan fingerprint density at radius 2 is 2.10 bits per heavy atom. The number of carbonyl (C=O) groups is 1. The highest BCUT2D eigenvalue weighted by atomic mass is 19.4. The Kier molecular flexibility index (Phi) is 3.59. The SMILES string of the molecule is CC1(CNC(=O)c2ccc(C(F)(F)F)[nH]c2=O)COC1. The van der Waals surface area contributed by atoms with E-state index in [2.05, 4.69) is 5.32 Å². The Morgan fingerprint density at radius 1 is 1.45 bits per heavy atom. The molecule has 1 amide bonds. The molecule has 0 atom stereocenters. The summed E-state index contributed by atoms with van der Waals surface area (Å²) in [7, 11) is 0. The molecule has 2 rings (SSSR count).